The molecule has 0 saturated carbocycles. The normalized spacial score (nSPS) is 9.44. The van der Waals surface area contributed by atoms with E-state index < -0.39 is 12.1 Å². The zero-order chi connectivity index (χ0) is 13.4. The Morgan fingerprint density at radius 2 is 1.78 bits per heavy atom. The van der Waals surface area contributed by atoms with Crippen LogP contribution in [0, 0.1) is 0 Å². The number of amides is 1. The Hall–Kier alpha value is -2.28. The van der Waals surface area contributed by atoms with Crippen molar-refractivity contribution in [2.45, 2.75) is 0 Å². The standard InChI is InChI=1S/C11H15N3O4/c1-17-10(15)7-12-14-9-6-4-3-5-8(9)13-11(16)18-2/h3-6,12,14H,7H2,1-2H3,(H,13,16). The van der Waals surface area contributed by atoms with Gasteiger partial charge in [-0.15, -0.1) is 0 Å². The Balaban J connectivity index is 2.59. The van der Waals surface area contributed by atoms with E-state index >= 15 is 0 Å². The van der Waals surface area contributed by atoms with Crippen LogP contribution in [-0.2, 0) is 14.3 Å². The summed E-state index contributed by atoms with van der Waals surface area (Å²) in [6.45, 7) is 0.00303. The monoisotopic (exact) mass is 253 g/mol. The van der Waals surface area contributed by atoms with Gasteiger partial charge in [-0.1, -0.05) is 12.1 Å². The van der Waals surface area contributed by atoms with Gasteiger partial charge >= 0.3 is 12.1 Å². The largest absolute Gasteiger partial charge is 0.468 e. The van der Waals surface area contributed by atoms with Crippen LogP contribution in [-0.4, -0.2) is 32.8 Å². The first-order valence-corrected chi connectivity index (χ1v) is 5.17. The first-order chi connectivity index (χ1) is 8.67. The average Bonchev–Trinajstić information content (AvgIpc) is 2.40. The van der Waals surface area contributed by atoms with Crippen molar-refractivity contribution >= 4 is 23.4 Å². The number of rotatable bonds is 5. The van der Waals surface area contributed by atoms with Gasteiger partial charge in [0.2, 0.25) is 0 Å². The van der Waals surface area contributed by atoms with Crippen LogP contribution < -0.4 is 16.2 Å². The van der Waals surface area contributed by atoms with Gasteiger partial charge in [-0.25, -0.2) is 10.2 Å². The van der Waals surface area contributed by atoms with Gasteiger partial charge in [0, 0.05) is 0 Å². The molecule has 98 valence electrons. The van der Waals surface area contributed by atoms with E-state index in [0.29, 0.717) is 11.4 Å². The first-order valence-electron chi connectivity index (χ1n) is 5.17. The number of para-hydroxylation sites is 2. The van der Waals surface area contributed by atoms with Crippen molar-refractivity contribution in [3.05, 3.63) is 24.3 Å². The second kappa shape index (κ2) is 7.13. The number of ether oxygens (including phenoxy) is 2. The van der Waals surface area contributed by atoms with E-state index in [1.54, 1.807) is 24.3 Å². The lowest BCUT2D eigenvalue weighted by Crippen LogP contribution is -2.29. The molecule has 1 aromatic carbocycles. The SMILES string of the molecule is COC(=O)CNNc1ccccc1NC(=O)OC. The van der Waals surface area contributed by atoms with Crippen molar-refractivity contribution in [2.75, 3.05) is 31.5 Å². The summed E-state index contributed by atoms with van der Waals surface area (Å²) in [6.07, 6.45) is -0.572. The summed E-state index contributed by atoms with van der Waals surface area (Å²) in [7, 11) is 2.58. The lowest BCUT2D eigenvalue weighted by molar-refractivity contribution is -0.139. The number of hydrazine groups is 1. The van der Waals surface area contributed by atoms with Gasteiger partial charge < -0.3 is 14.9 Å². The van der Waals surface area contributed by atoms with Gasteiger partial charge in [-0.3, -0.25) is 10.1 Å². The summed E-state index contributed by atoms with van der Waals surface area (Å²) in [6, 6.07) is 6.97. The molecule has 1 aromatic rings. The lowest BCUT2D eigenvalue weighted by atomic mass is 10.3. The summed E-state index contributed by atoms with van der Waals surface area (Å²) in [4.78, 5) is 22.0. The molecular weight excluding hydrogens is 238 g/mol. The topological polar surface area (TPSA) is 88.7 Å². The number of nitrogens with one attached hydrogen (secondary N) is 3. The molecule has 0 heterocycles. The Morgan fingerprint density at radius 1 is 1.11 bits per heavy atom. The highest BCUT2D eigenvalue weighted by molar-refractivity contribution is 5.89. The molecule has 0 radical (unpaired) electrons. The number of carbonyl (C=O) groups excluding carboxylic acids is 2. The Kier molecular flexibility index (Phi) is 5.46. The number of esters is 1. The highest BCUT2D eigenvalue weighted by atomic mass is 16.5. The molecule has 7 nitrogen and oxygen atoms in total. The molecule has 0 bridgehead atoms. The van der Waals surface area contributed by atoms with Gasteiger partial charge in [0.05, 0.1) is 25.6 Å². The minimum atomic E-state index is -0.572. The number of anilines is 2. The van der Waals surface area contributed by atoms with Crippen molar-refractivity contribution in [2.24, 2.45) is 0 Å². The summed E-state index contributed by atoms with van der Waals surface area (Å²) in [5, 5.41) is 2.53. The van der Waals surface area contributed by atoms with Crippen molar-refractivity contribution in [1.29, 1.82) is 0 Å². The van der Waals surface area contributed by atoms with Crippen molar-refractivity contribution in [1.82, 2.24) is 5.43 Å². The first kappa shape index (κ1) is 13.8. The third-order valence-electron chi connectivity index (χ3n) is 2.03. The summed E-state index contributed by atoms with van der Waals surface area (Å²) in [5.41, 5.74) is 6.59. The molecule has 0 atom stereocenters. The van der Waals surface area contributed by atoms with Gasteiger partial charge in [-0.05, 0) is 12.1 Å². The van der Waals surface area contributed by atoms with E-state index in [4.69, 9.17) is 0 Å². The molecule has 7 heteroatoms. The molecule has 1 rings (SSSR count). The molecule has 0 unspecified atom stereocenters. The number of methoxy groups -OCH3 is 2. The van der Waals surface area contributed by atoms with Gasteiger partial charge in [0.1, 0.15) is 6.54 Å². The maximum absolute atomic E-state index is 11.1. The van der Waals surface area contributed by atoms with Gasteiger partial charge in [0.25, 0.3) is 0 Å². The minimum Gasteiger partial charge on any atom is -0.468 e. The zero-order valence-electron chi connectivity index (χ0n) is 10.1. The van der Waals surface area contributed by atoms with Gasteiger partial charge in [-0.2, -0.15) is 0 Å². The molecule has 0 aliphatic rings. The Bertz CT molecular complexity index is 423. The van der Waals surface area contributed by atoms with Crippen LogP contribution in [0.15, 0.2) is 24.3 Å². The smallest absolute Gasteiger partial charge is 0.411 e. The van der Waals surface area contributed by atoms with E-state index in [9.17, 15) is 9.59 Å². The number of hydrogen-bond acceptors (Lipinski definition) is 6. The fraction of sp³-hybridized carbons (Fsp3) is 0.273. The van der Waals surface area contributed by atoms with Gasteiger partial charge in [0.15, 0.2) is 0 Å². The third-order valence-corrected chi connectivity index (χ3v) is 2.03. The van der Waals surface area contributed by atoms with Crippen LogP contribution in [0.3, 0.4) is 0 Å². The Morgan fingerprint density at radius 3 is 2.39 bits per heavy atom. The van der Waals surface area contributed by atoms with Crippen molar-refractivity contribution in [3.63, 3.8) is 0 Å². The van der Waals surface area contributed by atoms with Crippen LogP contribution in [0.25, 0.3) is 0 Å². The molecule has 0 aliphatic heterocycles. The maximum atomic E-state index is 11.1. The quantitative estimate of drug-likeness (QED) is 0.535. The maximum Gasteiger partial charge on any atom is 0.411 e. The molecule has 18 heavy (non-hydrogen) atoms. The fourth-order valence-corrected chi connectivity index (χ4v) is 1.15. The van der Waals surface area contributed by atoms with E-state index in [0.717, 1.165) is 0 Å². The second-order valence-electron chi connectivity index (χ2n) is 3.22. The van der Waals surface area contributed by atoms with Crippen LogP contribution in [0.2, 0.25) is 0 Å². The highest BCUT2D eigenvalue weighted by Gasteiger charge is 2.06. The molecule has 0 spiro atoms. The highest BCUT2D eigenvalue weighted by Crippen LogP contribution is 2.19. The summed E-state index contributed by atoms with van der Waals surface area (Å²) in [5.74, 6) is -0.402. The summed E-state index contributed by atoms with van der Waals surface area (Å²) >= 11 is 0. The van der Waals surface area contributed by atoms with E-state index in [1.807, 2.05) is 0 Å². The number of benzene rings is 1. The average molecular weight is 253 g/mol. The van der Waals surface area contributed by atoms with Crippen molar-refractivity contribution in [3.8, 4) is 0 Å². The zero-order valence-corrected chi connectivity index (χ0v) is 10.1. The van der Waals surface area contributed by atoms with Crippen molar-refractivity contribution < 1.29 is 19.1 Å². The molecule has 0 aliphatic carbocycles. The van der Waals surface area contributed by atoms with E-state index in [-0.39, 0.29) is 6.54 Å². The van der Waals surface area contributed by atoms with Crippen LogP contribution in [0.4, 0.5) is 16.2 Å². The number of carbonyl (C=O) groups is 2. The van der Waals surface area contributed by atoms with Crippen LogP contribution >= 0.6 is 0 Å². The number of hydrogen-bond donors (Lipinski definition) is 3. The van der Waals surface area contributed by atoms with Crippen LogP contribution in [0.5, 0.6) is 0 Å². The molecule has 0 saturated heterocycles. The third kappa shape index (κ3) is 4.30. The predicted octanol–water partition coefficient (Wildman–Crippen LogP) is 0.954. The molecule has 0 fully saturated rings. The Labute approximate surface area is 104 Å². The molecule has 3 N–H and O–H groups in total. The molecule has 1 amide bonds. The van der Waals surface area contributed by atoms with E-state index in [2.05, 4.69) is 25.6 Å². The fourth-order valence-electron chi connectivity index (χ4n) is 1.15. The van der Waals surface area contributed by atoms with Crippen LogP contribution in [0.1, 0.15) is 0 Å². The predicted molar refractivity (Wildman–Crippen MR) is 66.1 cm³/mol. The molecular formula is C11H15N3O4. The van der Waals surface area contributed by atoms with E-state index in [1.165, 1.54) is 14.2 Å². The minimum absolute atomic E-state index is 0.00303. The molecule has 0 aromatic heterocycles. The second-order valence-corrected chi connectivity index (χ2v) is 3.22. The lowest BCUT2D eigenvalue weighted by Gasteiger charge is -2.12. The summed E-state index contributed by atoms with van der Waals surface area (Å²) < 4.78 is 8.97.